The van der Waals surface area contributed by atoms with Crippen LogP contribution in [0.5, 0.6) is 0 Å². The molecule has 0 saturated heterocycles. The molecule has 2 heterocycles. The molecular weight excluding hydrogens is 386 g/mol. The normalized spacial score (nSPS) is 16.1. The molecule has 0 spiro atoms. The van der Waals surface area contributed by atoms with Crippen LogP contribution in [0.25, 0.3) is 11.0 Å². The smallest absolute Gasteiger partial charge is 0.329 e. The van der Waals surface area contributed by atoms with Gasteiger partial charge in [-0.2, -0.15) is 0 Å². The average molecular weight is 400 g/mol. The van der Waals surface area contributed by atoms with Gasteiger partial charge in [0.05, 0.1) is 11.6 Å². The number of amides is 1. The molecule has 0 N–H and O–H groups in total. The summed E-state index contributed by atoms with van der Waals surface area (Å²) in [6, 6.07) is 14.1. The number of fused-ring (bicyclic) bond motifs is 2. The van der Waals surface area contributed by atoms with Crippen molar-refractivity contribution in [3.05, 3.63) is 64.3 Å². The van der Waals surface area contributed by atoms with Crippen molar-refractivity contribution in [3.8, 4) is 0 Å². The molecule has 1 atom stereocenters. The van der Waals surface area contributed by atoms with E-state index in [0.717, 1.165) is 15.4 Å². The first-order valence-electron chi connectivity index (χ1n) is 7.77. The van der Waals surface area contributed by atoms with Crippen molar-refractivity contribution in [2.75, 3.05) is 12.0 Å². The molecule has 1 unspecified atom stereocenters. The molecule has 25 heavy (non-hydrogen) atoms. The largest absolute Gasteiger partial charge is 0.467 e. The quantitative estimate of drug-likeness (QED) is 0.612. The van der Waals surface area contributed by atoms with Crippen LogP contribution in [0.3, 0.4) is 0 Å². The number of methoxy groups -OCH3 is 1. The number of carbonyl (C=O) groups is 2. The topological polar surface area (TPSA) is 59.8 Å². The zero-order chi connectivity index (χ0) is 17.6. The first-order chi connectivity index (χ1) is 12.1. The number of furan rings is 1. The van der Waals surface area contributed by atoms with Crippen molar-refractivity contribution in [1.29, 1.82) is 0 Å². The van der Waals surface area contributed by atoms with E-state index in [-0.39, 0.29) is 11.7 Å². The highest BCUT2D eigenvalue weighted by molar-refractivity contribution is 9.10. The zero-order valence-corrected chi connectivity index (χ0v) is 14.9. The predicted octanol–water partition coefficient (Wildman–Crippen LogP) is 3.94. The first kappa shape index (κ1) is 15.9. The van der Waals surface area contributed by atoms with E-state index in [2.05, 4.69) is 15.9 Å². The van der Waals surface area contributed by atoms with Crippen molar-refractivity contribution in [2.45, 2.75) is 12.5 Å². The molecule has 0 fully saturated rings. The van der Waals surface area contributed by atoms with E-state index in [1.807, 2.05) is 42.5 Å². The van der Waals surface area contributed by atoms with E-state index in [1.54, 1.807) is 6.07 Å². The number of rotatable bonds is 2. The lowest BCUT2D eigenvalue weighted by Crippen LogP contribution is -2.43. The second kappa shape index (κ2) is 6.04. The van der Waals surface area contributed by atoms with E-state index < -0.39 is 12.0 Å². The summed E-state index contributed by atoms with van der Waals surface area (Å²) < 4.78 is 11.4. The van der Waals surface area contributed by atoms with Crippen LogP contribution in [0.4, 0.5) is 5.69 Å². The fourth-order valence-corrected chi connectivity index (χ4v) is 3.68. The van der Waals surface area contributed by atoms with Crippen LogP contribution in [-0.2, 0) is 16.0 Å². The molecule has 1 aliphatic rings. The van der Waals surface area contributed by atoms with E-state index >= 15 is 0 Å². The molecule has 6 heteroatoms. The third kappa shape index (κ3) is 2.53. The van der Waals surface area contributed by atoms with Crippen LogP contribution in [0.15, 0.2) is 57.4 Å². The molecule has 2 aromatic carbocycles. The zero-order valence-electron chi connectivity index (χ0n) is 13.4. The molecule has 0 aliphatic carbocycles. The summed E-state index contributed by atoms with van der Waals surface area (Å²) in [7, 11) is 1.33. The van der Waals surface area contributed by atoms with Gasteiger partial charge < -0.3 is 9.15 Å². The second-order valence-electron chi connectivity index (χ2n) is 5.82. The minimum Gasteiger partial charge on any atom is -0.467 e. The lowest BCUT2D eigenvalue weighted by Gasteiger charge is -2.22. The van der Waals surface area contributed by atoms with Crippen LogP contribution in [-0.4, -0.2) is 25.0 Å². The van der Waals surface area contributed by atoms with Crippen molar-refractivity contribution < 1.29 is 18.7 Å². The number of benzene rings is 2. The van der Waals surface area contributed by atoms with Gasteiger partial charge in [0.25, 0.3) is 5.91 Å². The van der Waals surface area contributed by atoms with Gasteiger partial charge in [-0.05, 0) is 39.7 Å². The van der Waals surface area contributed by atoms with Crippen molar-refractivity contribution in [2.24, 2.45) is 0 Å². The van der Waals surface area contributed by atoms with E-state index in [0.29, 0.717) is 17.7 Å². The number of para-hydroxylation sites is 2. The lowest BCUT2D eigenvalue weighted by atomic mass is 10.1. The van der Waals surface area contributed by atoms with Gasteiger partial charge in [-0.3, -0.25) is 9.69 Å². The maximum Gasteiger partial charge on any atom is 0.329 e. The number of esters is 1. The number of anilines is 1. The third-order valence-electron chi connectivity index (χ3n) is 4.37. The average Bonchev–Trinajstić information content (AvgIpc) is 3.23. The number of carbonyl (C=O) groups excluding carboxylic acids is 2. The minimum absolute atomic E-state index is 0.188. The minimum atomic E-state index is -0.688. The summed E-state index contributed by atoms with van der Waals surface area (Å²) in [4.78, 5) is 26.8. The predicted molar refractivity (Wildman–Crippen MR) is 96.7 cm³/mol. The summed E-state index contributed by atoms with van der Waals surface area (Å²) in [5, 5.41) is 0.819. The second-order valence-corrected chi connectivity index (χ2v) is 6.67. The van der Waals surface area contributed by atoms with Crippen molar-refractivity contribution in [3.63, 3.8) is 0 Å². The lowest BCUT2D eigenvalue weighted by molar-refractivity contribution is -0.141. The van der Waals surface area contributed by atoms with E-state index in [1.165, 1.54) is 12.0 Å². The van der Waals surface area contributed by atoms with Gasteiger partial charge in [0.15, 0.2) is 5.76 Å². The van der Waals surface area contributed by atoms with Crippen LogP contribution < -0.4 is 4.90 Å². The maximum absolute atomic E-state index is 13.1. The highest BCUT2D eigenvalue weighted by Crippen LogP contribution is 2.35. The fourth-order valence-electron chi connectivity index (χ4n) is 3.21. The summed E-state index contributed by atoms with van der Waals surface area (Å²) in [5.41, 5.74) is 2.25. The molecule has 0 saturated carbocycles. The molecule has 5 nitrogen and oxygen atoms in total. The van der Waals surface area contributed by atoms with Crippen LogP contribution in [0.1, 0.15) is 16.1 Å². The Hall–Kier alpha value is -2.60. The Labute approximate surface area is 152 Å². The molecule has 4 rings (SSSR count). The van der Waals surface area contributed by atoms with Crippen molar-refractivity contribution >= 4 is 44.5 Å². The van der Waals surface area contributed by atoms with Crippen molar-refractivity contribution in [1.82, 2.24) is 0 Å². The Kier molecular flexibility index (Phi) is 3.84. The number of hydrogen-bond donors (Lipinski definition) is 0. The molecule has 1 aliphatic heterocycles. The Balaban J connectivity index is 1.80. The number of halogens is 1. The Morgan fingerprint density at radius 3 is 2.76 bits per heavy atom. The summed E-state index contributed by atoms with van der Waals surface area (Å²) in [6.07, 6.45) is 0.429. The van der Waals surface area contributed by atoms with Gasteiger partial charge in [-0.15, -0.1) is 0 Å². The molecule has 126 valence electrons. The monoisotopic (exact) mass is 399 g/mol. The fraction of sp³-hybridized carbons (Fsp3) is 0.158. The van der Waals surface area contributed by atoms with Gasteiger partial charge in [0.2, 0.25) is 0 Å². The highest BCUT2D eigenvalue weighted by Gasteiger charge is 2.40. The Bertz CT molecular complexity index is 994. The number of nitrogens with zero attached hydrogens (tertiary/aromatic N) is 1. The standard InChI is InChI=1S/C19H14BrNO4/c1-24-19(23)15-9-11-5-2-3-8-14(11)21(15)18(22)16-10-12-6-4-7-13(20)17(12)25-16/h2-8,10,15H,9H2,1H3. The van der Waals surface area contributed by atoms with E-state index in [9.17, 15) is 9.59 Å². The van der Waals surface area contributed by atoms with Crippen LogP contribution in [0.2, 0.25) is 0 Å². The molecule has 3 aromatic rings. The van der Waals surface area contributed by atoms with Gasteiger partial charge in [0, 0.05) is 17.5 Å². The molecule has 1 aromatic heterocycles. The van der Waals surface area contributed by atoms with Gasteiger partial charge in [-0.25, -0.2) is 4.79 Å². The Morgan fingerprint density at radius 1 is 1.20 bits per heavy atom. The molecular formula is C19H14BrNO4. The van der Waals surface area contributed by atoms with Gasteiger partial charge in [0.1, 0.15) is 11.6 Å². The Morgan fingerprint density at radius 2 is 2.00 bits per heavy atom. The first-order valence-corrected chi connectivity index (χ1v) is 8.57. The van der Waals surface area contributed by atoms with Crippen LogP contribution >= 0.6 is 15.9 Å². The van der Waals surface area contributed by atoms with Gasteiger partial charge >= 0.3 is 5.97 Å². The highest BCUT2D eigenvalue weighted by atomic mass is 79.9. The molecule has 1 amide bonds. The molecule has 0 bridgehead atoms. The SMILES string of the molecule is COC(=O)C1Cc2ccccc2N1C(=O)c1cc2cccc(Br)c2o1. The molecule has 0 radical (unpaired) electrons. The summed E-state index contributed by atoms with van der Waals surface area (Å²) >= 11 is 3.42. The number of ether oxygens (including phenoxy) is 1. The third-order valence-corrected chi connectivity index (χ3v) is 5.00. The number of hydrogen-bond acceptors (Lipinski definition) is 4. The van der Waals surface area contributed by atoms with Crippen LogP contribution in [0, 0.1) is 0 Å². The summed E-state index contributed by atoms with van der Waals surface area (Å²) in [5.74, 6) is -0.613. The van der Waals surface area contributed by atoms with E-state index in [4.69, 9.17) is 9.15 Å². The van der Waals surface area contributed by atoms with Gasteiger partial charge in [-0.1, -0.05) is 30.3 Å². The maximum atomic E-state index is 13.1. The summed E-state index contributed by atoms with van der Waals surface area (Å²) in [6.45, 7) is 0.